The SMILES string of the molecule is CC1(C)OC(C)(C)c2c(C(=O)O)cc(C(=O)O)cc21. The van der Waals surface area contributed by atoms with Crippen LogP contribution in [0.3, 0.4) is 0 Å². The zero-order chi connectivity index (χ0) is 14.6. The maximum atomic E-state index is 11.4. The van der Waals surface area contributed by atoms with Crippen LogP contribution in [0, 0.1) is 0 Å². The summed E-state index contributed by atoms with van der Waals surface area (Å²) >= 11 is 0. The van der Waals surface area contributed by atoms with Gasteiger partial charge in [-0.2, -0.15) is 0 Å². The summed E-state index contributed by atoms with van der Waals surface area (Å²) in [6.45, 7) is 7.18. The molecule has 0 spiro atoms. The van der Waals surface area contributed by atoms with Gasteiger partial charge in [0.1, 0.15) is 0 Å². The molecule has 0 aliphatic carbocycles. The molecule has 19 heavy (non-hydrogen) atoms. The summed E-state index contributed by atoms with van der Waals surface area (Å²) in [4.78, 5) is 22.5. The highest BCUT2D eigenvalue weighted by Crippen LogP contribution is 2.48. The minimum absolute atomic E-state index is 0.00882. The number of carbonyl (C=O) groups is 2. The first kappa shape index (κ1) is 13.5. The van der Waals surface area contributed by atoms with Gasteiger partial charge in [0.25, 0.3) is 0 Å². The van der Waals surface area contributed by atoms with E-state index >= 15 is 0 Å². The van der Waals surface area contributed by atoms with Crippen molar-refractivity contribution in [2.24, 2.45) is 0 Å². The number of hydrogen-bond donors (Lipinski definition) is 2. The van der Waals surface area contributed by atoms with Gasteiger partial charge in [-0.3, -0.25) is 0 Å². The molecule has 0 atom stereocenters. The van der Waals surface area contributed by atoms with E-state index in [9.17, 15) is 14.7 Å². The second kappa shape index (κ2) is 3.81. The van der Waals surface area contributed by atoms with Crippen LogP contribution >= 0.6 is 0 Å². The Balaban J connectivity index is 2.84. The van der Waals surface area contributed by atoms with Crippen molar-refractivity contribution in [3.8, 4) is 0 Å². The first-order chi connectivity index (χ1) is 8.56. The van der Waals surface area contributed by atoms with Crippen LogP contribution < -0.4 is 0 Å². The van der Waals surface area contributed by atoms with Crippen molar-refractivity contribution < 1.29 is 24.5 Å². The molecule has 1 aromatic carbocycles. The molecule has 0 saturated carbocycles. The molecule has 2 N–H and O–H groups in total. The van der Waals surface area contributed by atoms with Crippen LogP contribution in [0.1, 0.15) is 59.5 Å². The quantitative estimate of drug-likeness (QED) is 0.857. The van der Waals surface area contributed by atoms with Crippen LogP contribution in [0.2, 0.25) is 0 Å². The Morgan fingerprint density at radius 1 is 1.00 bits per heavy atom. The van der Waals surface area contributed by atoms with Gasteiger partial charge in [0.05, 0.1) is 22.3 Å². The molecule has 0 amide bonds. The second-order valence-corrected chi connectivity index (χ2v) is 5.68. The van der Waals surface area contributed by atoms with Crippen LogP contribution in [0.25, 0.3) is 0 Å². The minimum Gasteiger partial charge on any atom is -0.478 e. The highest BCUT2D eigenvalue weighted by Gasteiger charge is 2.46. The molecule has 1 aromatic rings. The molecule has 5 nitrogen and oxygen atoms in total. The van der Waals surface area contributed by atoms with Crippen LogP contribution in [0.4, 0.5) is 0 Å². The largest absolute Gasteiger partial charge is 0.478 e. The molecule has 0 radical (unpaired) electrons. The highest BCUT2D eigenvalue weighted by molar-refractivity contribution is 5.96. The molecule has 0 saturated heterocycles. The fourth-order valence-electron chi connectivity index (χ4n) is 2.80. The summed E-state index contributed by atoms with van der Waals surface area (Å²) in [5, 5.41) is 18.4. The molecule has 1 heterocycles. The van der Waals surface area contributed by atoms with E-state index in [1.54, 1.807) is 27.7 Å². The summed E-state index contributed by atoms with van der Waals surface area (Å²) in [5.74, 6) is -2.29. The maximum absolute atomic E-state index is 11.4. The second-order valence-electron chi connectivity index (χ2n) is 5.68. The highest BCUT2D eigenvalue weighted by atomic mass is 16.5. The van der Waals surface area contributed by atoms with Crippen LogP contribution in [0.5, 0.6) is 0 Å². The molecule has 0 fully saturated rings. The molecule has 102 valence electrons. The van der Waals surface area contributed by atoms with E-state index in [2.05, 4.69) is 0 Å². The third-order valence-corrected chi connectivity index (χ3v) is 3.38. The first-order valence-electron chi connectivity index (χ1n) is 5.92. The fraction of sp³-hybridized carbons (Fsp3) is 0.429. The summed E-state index contributed by atoms with van der Waals surface area (Å²) in [7, 11) is 0. The predicted molar refractivity (Wildman–Crippen MR) is 67.5 cm³/mol. The molecule has 1 aliphatic rings. The Bertz CT molecular complexity index is 584. The normalized spacial score (nSPS) is 18.9. The van der Waals surface area contributed by atoms with Gasteiger partial charge in [-0.25, -0.2) is 9.59 Å². The van der Waals surface area contributed by atoms with E-state index in [0.29, 0.717) is 11.1 Å². The molecule has 0 unspecified atom stereocenters. The predicted octanol–water partition coefficient (Wildman–Crippen LogP) is 2.58. The van der Waals surface area contributed by atoms with Crippen molar-refractivity contribution in [3.05, 3.63) is 34.4 Å². The van der Waals surface area contributed by atoms with E-state index in [1.807, 2.05) is 0 Å². The van der Waals surface area contributed by atoms with Crippen molar-refractivity contribution in [3.63, 3.8) is 0 Å². The van der Waals surface area contributed by atoms with Crippen LogP contribution in [0.15, 0.2) is 12.1 Å². The monoisotopic (exact) mass is 264 g/mol. The minimum atomic E-state index is -1.15. The van der Waals surface area contributed by atoms with Crippen molar-refractivity contribution in [1.82, 2.24) is 0 Å². The lowest BCUT2D eigenvalue weighted by Gasteiger charge is -2.25. The molecule has 5 heteroatoms. The van der Waals surface area contributed by atoms with Gasteiger partial charge >= 0.3 is 11.9 Å². The van der Waals surface area contributed by atoms with Crippen molar-refractivity contribution in [1.29, 1.82) is 0 Å². The molecular formula is C14H16O5. The number of aromatic carboxylic acids is 2. The van der Waals surface area contributed by atoms with Crippen LogP contribution in [-0.2, 0) is 15.9 Å². The molecule has 1 aliphatic heterocycles. The number of rotatable bonds is 2. The van der Waals surface area contributed by atoms with Gasteiger partial charge in [-0.1, -0.05) is 0 Å². The number of benzene rings is 1. The van der Waals surface area contributed by atoms with E-state index in [1.165, 1.54) is 12.1 Å². The number of hydrogen-bond acceptors (Lipinski definition) is 3. The number of carboxylic acid groups (broad SMARTS) is 2. The van der Waals surface area contributed by atoms with E-state index in [0.717, 1.165) is 0 Å². The number of carboxylic acids is 2. The molecule has 2 rings (SSSR count). The maximum Gasteiger partial charge on any atom is 0.336 e. The summed E-state index contributed by atoms with van der Waals surface area (Å²) in [6.07, 6.45) is 0. The van der Waals surface area contributed by atoms with Crippen LogP contribution in [-0.4, -0.2) is 22.2 Å². The third-order valence-electron chi connectivity index (χ3n) is 3.38. The molecular weight excluding hydrogens is 248 g/mol. The third kappa shape index (κ3) is 2.00. The zero-order valence-electron chi connectivity index (χ0n) is 11.3. The lowest BCUT2D eigenvalue weighted by molar-refractivity contribution is -0.105. The Morgan fingerprint density at radius 3 is 2.05 bits per heavy atom. The summed E-state index contributed by atoms with van der Waals surface area (Å²) < 4.78 is 5.88. The van der Waals surface area contributed by atoms with E-state index in [-0.39, 0.29) is 11.1 Å². The Kier molecular flexibility index (Phi) is 2.71. The summed E-state index contributed by atoms with van der Waals surface area (Å²) in [6, 6.07) is 2.69. The zero-order valence-corrected chi connectivity index (χ0v) is 11.3. The fourth-order valence-corrected chi connectivity index (χ4v) is 2.80. The van der Waals surface area contributed by atoms with Crippen molar-refractivity contribution >= 4 is 11.9 Å². The van der Waals surface area contributed by atoms with Gasteiger partial charge in [0.15, 0.2) is 0 Å². The van der Waals surface area contributed by atoms with Crippen molar-refractivity contribution in [2.45, 2.75) is 38.9 Å². The smallest absolute Gasteiger partial charge is 0.336 e. The van der Waals surface area contributed by atoms with Gasteiger partial charge in [0, 0.05) is 5.56 Å². The molecule has 0 aromatic heterocycles. The lowest BCUT2D eigenvalue weighted by Crippen LogP contribution is -2.23. The van der Waals surface area contributed by atoms with Gasteiger partial charge in [-0.15, -0.1) is 0 Å². The van der Waals surface area contributed by atoms with Gasteiger partial charge in [-0.05, 0) is 45.4 Å². The Labute approximate surface area is 110 Å². The molecule has 0 bridgehead atoms. The van der Waals surface area contributed by atoms with E-state index in [4.69, 9.17) is 9.84 Å². The average Bonchev–Trinajstić information content (AvgIpc) is 2.43. The summed E-state index contributed by atoms with van der Waals surface area (Å²) in [5.41, 5.74) is -0.348. The first-order valence-corrected chi connectivity index (χ1v) is 5.92. The van der Waals surface area contributed by atoms with E-state index < -0.39 is 23.1 Å². The number of fused-ring (bicyclic) bond motifs is 1. The van der Waals surface area contributed by atoms with Gasteiger partial charge in [0.2, 0.25) is 0 Å². The number of ether oxygens (including phenoxy) is 1. The Morgan fingerprint density at radius 2 is 1.58 bits per heavy atom. The topological polar surface area (TPSA) is 83.8 Å². The lowest BCUT2D eigenvalue weighted by atomic mass is 9.85. The standard InChI is InChI=1S/C14H16O5/c1-13(2)9-6-7(11(15)16)5-8(12(17)18)10(9)14(3,4)19-13/h5-6H,1-4H3,(H,15,16)(H,17,18). The Hall–Kier alpha value is -1.88. The van der Waals surface area contributed by atoms with Gasteiger partial charge < -0.3 is 14.9 Å². The average molecular weight is 264 g/mol. The van der Waals surface area contributed by atoms with Crippen molar-refractivity contribution in [2.75, 3.05) is 0 Å².